The SMILES string of the molecule is COCC[n+]1c(-c2ccccc2)n(C)[nH]c1=S. The molecule has 4 nitrogen and oxygen atoms in total. The van der Waals surface area contributed by atoms with Gasteiger partial charge in [0.25, 0.3) is 5.82 Å². The Morgan fingerprint density at radius 3 is 2.71 bits per heavy atom. The molecule has 1 aromatic carbocycles. The number of H-pyrrole nitrogens is 1. The minimum absolute atomic E-state index is 0.645. The molecule has 0 aliphatic heterocycles. The largest absolute Gasteiger partial charge is 0.381 e. The Morgan fingerprint density at radius 1 is 1.35 bits per heavy atom. The molecule has 0 amide bonds. The lowest BCUT2D eigenvalue weighted by atomic mass is 10.2. The van der Waals surface area contributed by atoms with Gasteiger partial charge < -0.3 is 4.74 Å². The summed E-state index contributed by atoms with van der Waals surface area (Å²) in [7, 11) is 3.65. The van der Waals surface area contributed by atoms with Crippen LogP contribution in [0.3, 0.4) is 0 Å². The van der Waals surface area contributed by atoms with Gasteiger partial charge in [0.05, 0.1) is 25.8 Å². The number of hydrogen-bond donors (Lipinski definition) is 1. The topological polar surface area (TPSA) is 33.8 Å². The Bertz CT molecular complexity index is 545. The van der Waals surface area contributed by atoms with Crippen molar-refractivity contribution in [2.24, 2.45) is 7.05 Å². The minimum Gasteiger partial charge on any atom is -0.381 e. The molecule has 0 fully saturated rings. The fourth-order valence-corrected chi connectivity index (χ4v) is 2.18. The quantitative estimate of drug-likeness (QED) is 0.662. The van der Waals surface area contributed by atoms with Crippen LogP contribution in [0, 0.1) is 4.77 Å². The Labute approximate surface area is 105 Å². The predicted molar refractivity (Wildman–Crippen MR) is 68.1 cm³/mol. The molecule has 0 atom stereocenters. The second kappa shape index (κ2) is 5.25. The van der Waals surface area contributed by atoms with E-state index in [0.717, 1.165) is 17.9 Å². The molecular formula is C12H16N3OS+. The van der Waals surface area contributed by atoms with Crippen LogP contribution in [0.5, 0.6) is 0 Å². The fraction of sp³-hybridized carbons (Fsp3) is 0.333. The van der Waals surface area contributed by atoms with Crippen molar-refractivity contribution in [3.8, 4) is 11.4 Å². The van der Waals surface area contributed by atoms with Gasteiger partial charge >= 0.3 is 4.77 Å². The molecule has 0 saturated carbocycles. The van der Waals surface area contributed by atoms with E-state index in [9.17, 15) is 0 Å². The molecule has 2 rings (SSSR count). The molecule has 0 spiro atoms. The summed E-state index contributed by atoms with van der Waals surface area (Å²) in [5.41, 5.74) is 1.14. The number of nitrogens with one attached hydrogen (secondary N) is 1. The molecular weight excluding hydrogens is 234 g/mol. The van der Waals surface area contributed by atoms with Gasteiger partial charge in [0.2, 0.25) is 0 Å². The molecule has 0 unspecified atom stereocenters. The molecule has 90 valence electrons. The molecule has 5 heteroatoms. The predicted octanol–water partition coefficient (Wildman–Crippen LogP) is 1.68. The molecule has 0 bridgehead atoms. The van der Waals surface area contributed by atoms with Crippen molar-refractivity contribution in [2.45, 2.75) is 6.54 Å². The lowest BCUT2D eigenvalue weighted by Gasteiger charge is -2.02. The molecule has 0 saturated heterocycles. The van der Waals surface area contributed by atoms with Crippen LogP contribution >= 0.6 is 12.2 Å². The van der Waals surface area contributed by atoms with E-state index in [2.05, 4.69) is 17.2 Å². The number of aryl methyl sites for hydroxylation is 1. The first-order valence-corrected chi connectivity index (χ1v) is 5.88. The van der Waals surface area contributed by atoms with Crippen LogP contribution < -0.4 is 4.57 Å². The van der Waals surface area contributed by atoms with Gasteiger partial charge in [-0.25, -0.2) is 4.57 Å². The first-order chi connectivity index (χ1) is 8.24. The summed E-state index contributed by atoms with van der Waals surface area (Å²) in [5.74, 6) is 1.06. The number of aromatic amines is 1. The van der Waals surface area contributed by atoms with E-state index >= 15 is 0 Å². The van der Waals surface area contributed by atoms with E-state index in [-0.39, 0.29) is 0 Å². The molecule has 1 N–H and O–H groups in total. The average Bonchev–Trinajstić information content (AvgIpc) is 2.62. The lowest BCUT2D eigenvalue weighted by Crippen LogP contribution is -2.38. The van der Waals surface area contributed by atoms with Gasteiger partial charge in [0.1, 0.15) is 0 Å². The van der Waals surface area contributed by atoms with Gasteiger partial charge in [0.15, 0.2) is 0 Å². The van der Waals surface area contributed by atoms with Gasteiger partial charge in [0, 0.05) is 7.11 Å². The summed E-state index contributed by atoms with van der Waals surface area (Å²) >= 11 is 5.30. The summed E-state index contributed by atoms with van der Waals surface area (Å²) in [6.45, 7) is 1.39. The lowest BCUT2D eigenvalue weighted by molar-refractivity contribution is -0.694. The van der Waals surface area contributed by atoms with Crippen LogP contribution in [-0.2, 0) is 18.3 Å². The standard InChI is InChI=1S/C12H15N3OS/c1-14-11(10-6-4-3-5-7-10)15(8-9-16-2)12(17)13-14/h3-7H,8-9H2,1-2H3/p+1. The highest BCUT2D eigenvalue weighted by Gasteiger charge is 2.17. The summed E-state index contributed by atoms with van der Waals surface area (Å²) in [5, 5.41) is 3.12. The van der Waals surface area contributed by atoms with Crippen LogP contribution in [0.1, 0.15) is 0 Å². The van der Waals surface area contributed by atoms with Crippen molar-refractivity contribution in [1.82, 2.24) is 9.78 Å². The molecule has 2 aromatic rings. The van der Waals surface area contributed by atoms with Crippen LogP contribution in [0.4, 0.5) is 0 Å². The number of rotatable bonds is 4. The Kier molecular flexibility index (Phi) is 3.71. The van der Waals surface area contributed by atoms with Crippen LogP contribution in [-0.4, -0.2) is 23.5 Å². The third-order valence-electron chi connectivity index (χ3n) is 2.63. The maximum atomic E-state index is 5.30. The highest BCUT2D eigenvalue weighted by atomic mass is 32.1. The number of nitrogens with zero attached hydrogens (tertiary/aromatic N) is 2. The Hall–Kier alpha value is -1.46. The van der Waals surface area contributed by atoms with Gasteiger partial charge in [-0.1, -0.05) is 18.2 Å². The summed E-state index contributed by atoms with van der Waals surface area (Å²) in [4.78, 5) is 0. The zero-order valence-corrected chi connectivity index (χ0v) is 10.8. The van der Waals surface area contributed by atoms with Gasteiger partial charge in [-0.3, -0.25) is 0 Å². The third kappa shape index (κ3) is 2.45. The minimum atomic E-state index is 0.645. The second-order valence-electron chi connectivity index (χ2n) is 3.81. The first kappa shape index (κ1) is 12.0. The molecule has 1 heterocycles. The second-order valence-corrected chi connectivity index (χ2v) is 4.20. The number of methoxy groups -OCH3 is 1. The van der Waals surface area contributed by atoms with E-state index in [1.54, 1.807) is 7.11 Å². The highest BCUT2D eigenvalue weighted by molar-refractivity contribution is 7.71. The van der Waals surface area contributed by atoms with Crippen molar-refractivity contribution in [3.63, 3.8) is 0 Å². The normalized spacial score (nSPS) is 10.7. The monoisotopic (exact) mass is 250 g/mol. The maximum absolute atomic E-state index is 5.30. The highest BCUT2D eigenvalue weighted by Crippen LogP contribution is 2.13. The van der Waals surface area contributed by atoms with Crippen molar-refractivity contribution in [3.05, 3.63) is 35.1 Å². The molecule has 1 aromatic heterocycles. The van der Waals surface area contributed by atoms with E-state index in [1.807, 2.05) is 34.5 Å². The summed E-state index contributed by atoms with van der Waals surface area (Å²) in [6.07, 6.45) is 0. The van der Waals surface area contributed by atoms with E-state index < -0.39 is 0 Å². The number of benzene rings is 1. The Balaban J connectivity index is 2.49. The van der Waals surface area contributed by atoms with Crippen molar-refractivity contribution in [2.75, 3.05) is 13.7 Å². The van der Waals surface area contributed by atoms with Gasteiger partial charge in [-0.15, -0.1) is 9.78 Å². The molecule has 17 heavy (non-hydrogen) atoms. The maximum Gasteiger partial charge on any atom is 0.323 e. The van der Waals surface area contributed by atoms with Crippen LogP contribution in [0.15, 0.2) is 30.3 Å². The molecule has 0 aliphatic carbocycles. The van der Waals surface area contributed by atoms with E-state index in [4.69, 9.17) is 17.0 Å². The third-order valence-corrected chi connectivity index (χ3v) is 2.94. The number of hydrogen-bond acceptors (Lipinski definition) is 2. The zero-order chi connectivity index (χ0) is 12.3. The van der Waals surface area contributed by atoms with Crippen molar-refractivity contribution in [1.29, 1.82) is 0 Å². The molecule has 0 aliphatic rings. The number of ether oxygens (including phenoxy) is 1. The molecule has 0 radical (unpaired) electrons. The smallest absolute Gasteiger partial charge is 0.323 e. The average molecular weight is 250 g/mol. The van der Waals surface area contributed by atoms with Gasteiger partial charge in [-0.05, 0) is 24.4 Å². The van der Waals surface area contributed by atoms with Crippen LogP contribution in [0.25, 0.3) is 11.4 Å². The van der Waals surface area contributed by atoms with Crippen molar-refractivity contribution >= 4 is 12.2 Å². The fourth-order valence-electron chi connectivity index (χ4n) is 1.86. The van der Waals surface area contributed by atoms with Crippen molar-refractivity contribution < 1.29 is 9.30 Å². The summed E-state index contributed by atoms with van der Waals surface area (Å²) in [6, 6.07) is 10.2. The van der Waals surface area contributed by atoms with Crippen LogP contribution in [0.2, 0.25) is 0 Å². The summed E-state index contributed by atoms with van der Waals surface area (Å²) < 4.78 is 9.81. The Morgan fingerprint density at radius 2 is 2.06 bits per heavy atom. The zero-order valence-electron chi connectivity index (χ0n) is 10.0. The van der Waals surface area contributed by atoms with E-state index in [1.165, 1.54) is 0 Å². The van der Waals surface area contributed by atoms with E-state index in [0.29, 0.717) is 11.4 Å². The first-order valence-electron chi connectivity index (χ1n) is 5.47. The van der Waals surface area contributed by atoms with Gasteiger partial charge in [-0.2, -0.15) is 0 Å². The number of aromatic nitrogens is 3.